The van der Waals surface area contributed by atoms with E-state index in [0.29, 0.717) is 17.6 Å². The van der Waals surface area contributed by atoms with Crippen LogP contribution >= 0.6 is 0 Å². The zero-order valence-corrected chi connectivity index (χ0v) is 11.8. The summed E-state index contributed by atoms with van der Waals surface area (Å²) < 4.78 is 0. The highest BCUT2D eigenvalue weighted by atomic mass is 16.1. The van der Waals surface area contributed by atoms with Crippen LogP contribution in [0.25, 0.3) is 0 Å². The van der Waals surface area contributed by atoms with Crippen LogP contribution in [0, 0.1) is 5.41 Å². The molecule has 0 saturated carbocycles. The van der Waals surface area contributed by atoms with Gasteiger partial charge < -0.3 is 0 Å². The van der Waals surface area contributed by atoms with Crippen LogP contribution in [-0.2, 0) is 4.79 Å². The zero-order chi connectivity index (χ0) is 12.4. The van der Waals surface area contributed by atoms with Crippen LogP contribution in [0.15, 0.2) is 0 Å². The van der Waals surface area contributed by atoms with Crippen LogP contribution in [0.3, 0.4) is 0 Å². The summed E-state index contributed by atoms with van der Waals surface area (Å²) in [5.41, 5.74) is 0.432. The Morgan fingerprint density at radius 3 is 2.12 bits per heavy atom. The van der Waals surface area contributed by atoms with Crippen LogP contribution in [0.4, 0.5) is 0 Å². The van der Waals surface area contributed by atoms with E-state index < -0.39 is 0 Å². The highest BCUT2D eigenvalue weighted by molar-refractivity contribution is 5.77. The van der Waals surface area contributed by atoms with E-state index in [4.69, 9.17) is 0 Å². The summed E-state index contributed by atoms with van der Waals surface area (Å²) in [5.74, 6) is 0.418. The Balaban J connectivity index is 3.57. The van der Waals surface area contributed by atoms with Crippen LogP contribution in [0.2, 0.25) is 0 Å². The SMILES string of the molecule is CCCCCCC(C)(C)CCCC(=O)CC. The summed E-state index contributed by atoms with van der Waals surface area (Å²) in [7, 11) is 0. The average Bonchev–Trinajstić information content (AvgIpc) is 2.24. The van der Waals surface area contributed by atoms with Crippen LogP contribution in [0.1, 0.15) is 85.5 Å². The molecule has 0 heterocycles. The molecular formula is C15H30O. The Bertz CT molecular complexity index is 182. The second-order valence-electron chi connectivity index (χ2n) is 5.72. The molecule has 0 aromatic heterocycles. The normalized spacial score (nSPS) is 11.8. The Morgan fingerprint density at radius 2 is 1.56 bits per heavy atom. The lowest BCUT2D eigenvalue weighted by molar-refractivity contribution is -0.118. The number of carbonyl (C=O) groups excluding carboxylic acids is 1. The molecule has 0 amide bonds. The molecule has 0 radical (unpaired) electrons. The molecule has 96 valence electrons. The van der Waals surface area contributed by atoms with Gasteiger partial charge in [-0.05, 0) is 24.7 Å². The van der Waals surface area contributed by atoms with E-state index in [-0.39, 0.29) is 0 Å². The minimum absolute atomic E-state index is 0.418. The molecular weight excluding hydrogens is 196 g/mol. The molecule has 0 aromatic rings. The van der Waals surface area contributed by atoms with Crippen molar-refractivity contribution in [2.24, 2.45) is 5.41 Å². The first-order chi connectivity index (χ1) is 7.52. The molecule has 0 aliphatic carbocycles. The Hall–Kier alpha value is -0.330. The lowest BCUT2D eigenvalue weighted by atomic mass is 9.82. The molecule has 0 aromatic carbocycles. The second-order valence-corrected chi connectivity index (χ2v) is 5.72. The number of carbonyl (C=O) groups is 1. The van der Waals surface area contributed by atoms with Gasteiger partial charge in [-0.2, -0.15) is 0 Å². The summed E-state index contributed by atoms with van der Waals surface area (Å²) in [6.07, 6.45) is 10.5. The van der Waals surface area contributed by atoms with Gasteiger partial charge >= 0.3 is 0 Å². The Labute approximate surface area is 102 Å². The number of rotatable bonds is 10. The van der Waals surface area contributed by atoms with Crippen LogP contribution < -0.4 is 0 Å². The maximum atomic E-state index is 11.2. The largest absolute Gasteiger partial charge is 0.300 e. The van der Waals surface area contributed by atoms with Gasteiger partial charge in [0.05, 0.1) is 0 Å². The van der Waals surface area contributed by atoms with Gasteiger partial charge in [0, 0.05) is 12.8 Å². The van der Waals surface area contributed by atoms with Gasteiger partial charge in [-0.3, -0.25) is 4.79 Å². The predicted octanol–water partition coefficient (Wildman–Crippen LogP) is 5.13. The quantitative estimate of drug-likeness (QED) is 0.472. The number of hydrogen-bond acceptors (Lipinski definition) is 1. The Kier molecular flexibility index (Phi) is 8.60. The van der Waals surface area contributed by atoms with Crippen molar-refractivity contribution in [3.05, 3.63) is 0 Å². The van der Waals surface area contributed by atoms with E-state index in [2.05, 4.69) is 20.8 Å². The van der Waals surface area contributed by atoms with E-state index in [0.717, 1.165) is 12.8 Å². The summed E-state index contributed by atoms with van der Waals surface area (Å²) in [4.78, 5) is 11.2. The molecule has 16 heavy (non-hydrogen) atoms. The summed E-state index contributed by atoms with van der Waals surface area (Å²) in [5, 5.41) is 0. The molecule has 0 saturated heterocycles. The van der Waals surface area contributed by atoms with Crippen LogP contribution in [-0.4, -0.2) is 5.78 Å². The maximum Gasteiger partial charge on any atom is 0.132 e. The first-order valence-corrected chi connectivity index (χ1v) is 7.03. The van der Waals surface area contributed by atoms with E-state index in [9.17, 15) is 4.79 Å². The van der Waals surface area contributed by atoms with Crippen molar-refractivity contribution < 1.29 is 4.79 Å². The van der Waals surface area contributed by atoms with Gasteiger partial charge in [0.15, 0.2) is 0 Å². The maximum absolute atomic E-state index is 11.2. The number of ketones is 1. The van der Waals surface area contributed by atoms with Crippen molar-refractivity contribution in [1.82, 2.24) is 0 Å². The minimum Gasteiger partial charge on any atom is -0.300 e. The van der Waals surface area contributed by atoms with Crippen molar-refractivity contribution in [3.8, 4) is 0 Å². The topological polar surface area (TPSA) is 17.1 Å². The fraction of sp³-hybridized carbons (Fsp3) is 0.933. The van der Waals surface area contributed by atoms with Crippen molar-refractivity contribution >= 4 is 5.78 Å². The fourth-order valence-electron chi connectivity index (χ4n) is 2.10. The van der Waals surface area contributed by atoms with Gasteiger partial charge in [-0.1, -0.05) is 53.4 Å². The lowest BCUT2D eigenvalue weighted by Gasteiger charge is -2.24. The van der Waals surface area contributed by atoms with Gasteiger partial charge in [0.25, 0.3) is 0 Å². The van der Waals surface area contributed by atoms with Crippen molar-refractivity contribution in [2.75, 3.05) is 0 Å². The second kappa shape index (κ2) is 8.78. The van der Waals surface area contributed by atoms with E-state index >= 15 is 0 Å². The van der Waals surface area contributed by atoms with Crippen molar-refractivity contribution in [1.29, 1.82) is 0 Å². The average molecular weight is 226 g/mol. The van der Waals surface area contributed by atoms with Crippen molar-refractivity contribution in [2.45, 2.75) is 85.5 Å². The molecule has 0 spiro atoms. The van der Waals surface area contributed by atoms with Crippen molar-refractivity contribution in [3.63, 3.8) is 0 Å². The monoisotopic (exact) mass is 226 g/mol. The number of Topliss-reactive ketones (excluding diaryl/α,β-unsaturated/α-hetero) is 1. The summed E-state index contributed by atoms with van der Waals surface area (Å²) in [6.45, 7) is 8.89. The highest BCUT2D eigenvalue weighted by Crippen LogP contribution is 2.30. The number of unbranched alkanes of at least 4 members (excludes halogenated alkanes) is 3. The smallest absolute Gasteiger partial charge is 0.132 e. The highest BCUT2D eigenvalue weighted by Gasteiger charge is 2.17. The molecule has 1 heteroatoms. The third-order valence-electron chi connectivity index (χ3n) is 3.41. The van der Waals surface area contributed by atoms with E-state index in [1.807, 2.05) is 6.92 Å². The zero-order valence-electron chi connectivity index (χ0n) is 11.8. The van der Waals surface area contributed by atoms with Gasteiger partial charge in [0.1, 0.15) is 5.78 Å². The van der Waals surface area contributed by atoms with E-state index in [1.54, 1.807) is 0 Å². The number of hydrogen-bond donors (Lipinski definition) is 0. The molecule has 0 N–H and O–H groups in total. The molecule has 0 atom stereocenters. The first kappa shape index (κ1) is 15.7. The predicted molar refractivity (Wildman–Crippen MR) is 71.7 cm³/mol. The van der Waals surface area contributed by atoms with Gasteiger partial charge in [-0.25, -0.2) is 0 Å². The van der Waals surface area contributed by atoms with E-state index in [1.165, 1.54) is 38.5 Å². The molecule has 0 aliphatic heterocycles. The molecule has 0 unspecified atom stereocenters. The minimum atomic E-state index is 0.418. The first-order valence-electron chi connectivity index (χ1n) is 7.03. The third-order valence-corrected chi connectivity index (χ3v) is 3.41. The summed E-state index contributed by atoms with van der Waals surface area (Å²) in [6, 6.07) is 0. The van der Waals surface area contributed by atoms with Gasteiger partial charge in [0.2, 0.25) is 0 Å². The lowest BCUT2D eigenvalue weighted by Crippen LogP contribution is -2.12. The summed E-state index contributed by atoms with van der Waals surface area (Å²) >= 11 is 0. The molecule has 0 aliphatic rings. The standard InChI is InChI=1S/C15H30O/c1-5-7-8-9-12-15(3,4)13-10-11-14(16)6-2/h5-13H2,1-4H3. The molecule has 1 nitrogen and oxygen atoms in total. The van der Waals surface area contributed by atoms with Crippen LogP contribution in [0.5, 0.6) is 0 Å². The Morgan fingerprint density at radius 1 is 0.938 bits per heavy atom. The molecule has 0 rings (SSSR count). The molecule has 0 fully saturated rings. The fourth-order valence-corrected chi connectivity index (χ4v) is 2.10. The molecule has 0 bridgehead atoms. The van der Waals surface area contributed by atoms with Gasteiger partial charge in [-0.15, -0.1) is 0 Å². The third kappa shape index (κ3) is 8.94.